The zero-order valence-corrected chi connectivity index (χ0v) is 24.8. The van der Waals surface area contributed by atoms with E-state index >= 15 is 0 Å². The molecular formula is C31H59NO2. The summed E-state index contributed by atoms with van der Waals surface area (Å²) in [6, 6.07) is 4.27. The van der Waals surface area contributed by atoms with E-state index in [0.29, 0.717) is 11.8 Å². The highest BCUT2D eigenvalue weighted by Gasteiger charge is 2.18. The van der Waals surface area contributed by atoms with Crippen LogP contribution in [-0.2, 0) is 17.8 Å². The van der Waals surface area contributed by atoms with Gasteiger partial charge in [-0.2, -0.15) is 0 Å². The Morgan fingerprint density at radius 2 is 1.65 bits per heavy atom. The maximum Gasteiger partial charge on any atom is 0.146 e. The molecule has 0 aromatic heterocycles. The number of likely N-dealkylation sites (N-methyl/N-ethyl adjacent to an activating group) is 1. The van der Waals surface area contributed by atoms with E-state index in [4.69, 9.17) is 0 Å². The van der Waals surface area contributed by atoms with Crippen molar-refractivity contribution in [1.82, 2.24) is 5.32 Å². The lowest BCUT2D eigenvalue weighted by Crippen LogP contribution is -2.38. The first-order valence-electron chi connectivity index (χ1n) is 13.9. The summed E-state index contributed by atoms with van der Waals surface area (Å²) >= 11 is 0. The van der Waals surface area contributed by atoms with Crippen LogP contribution in [0.25, 0.3) is 12.2 Å². The summed E-state index contributed by atoms with van der Waals surface area (Å²) in [5.74, 6) is 1.35. The van der Waals surface area contributed by atoms with Gasteiger partial charge in [0.15, 0.2) is 0 Å². The number of fused-ring (bicyclic) bond motifs is 1. The normalized spacial score (nSPS) is 14.8. The van der Waals surface area contributed by atoms with Crippen molar-refractivity contribution in [2.45, 2.75) is 127 Å². The van der Waals surface area contributed by atoms with Gasteiger partial charge in [0.05, 0.1) is 12.6 Å². The van der Waals surface area contributed by atoms with Crippen molar-refractivity contribution in [2.75, 3.05) is 7.05 Å². The molecule has 34 heavy (non-hydrogen) atoms. The number of Topliss-reactive ketones (excluding diaryl/α,β-unsaturated/α-hetero) is 1. The van der Waals surface area contributed by atoms with Gasteiger partial charge < -0.3 is 10.4 Å². The smallest absolute Gasteiger partial charge is 0.146 e. The summed E-state index contributed by atoms with van der Waals surface area (Å²) in [5.41, 5.74) is 2.45. The first-order valence-corrected chi connectivity index (χ1v) is 13.9. The Balaban J connectivity index is -0.000000467. The van der Waals surface area contributed by atoms with Crippen molar-refractivity contribution in [3.63, 3.8) is 0 Å². The van der Waals surface area contributed by atoms with Gasteiger partial charge in [-0.25, -0.2) is 0 Å². The third-order valence-corrected chi connectivity index (χ3v) is 5.38. The van der Waals surface area contributed by atoms with Gasteiger partial charge in [0.2, 0.25) is 0 Å². The summed E-state index contributed by atoms with van der Waals surface area (Å²) in [6.07, 6.45) is 11.5. The molecule has 1 aliphatic rings. The quantitative estimate of drug-likeness (QED) is 0.433. The molecular weight excluding hydrogens is 418 g/mol. The number of benzene rings is 1. The van der Waals surface area contributed by atoms with E-state index in [9.17, 15) is 9.90 Å². The van der Waals surface area contributed by atoms with E-state index in [1.165, 1.54) is 22.4 Å². The zero-order chi connectivity index (χ0) is 27.1. The molecule has 0 saturated carbocycles. The fraction of sp³-hybridized carbons (Fsp3) is 0.710. The topological polar surface area (TPSA) is 49.3 Å². The molecule has 2 N–H and O–H groups in total. The van der Waals surface area contributed by atoms with Crippen LogP contribution in [-0.4, -0.2) is 24.0 Å². The SMILES string of the molecule is CC.CC.CCC.CCCC(C)C(NC)C(C)=O.CCCc1c(CO)ccc2c1=CCC(C)C=2. The molecule has 0 bridgehead atoms. The minimum atomic E-state index is 0.0509. The third kappa shape index (κ3) is 14.7. The number of rotatable bonds is 8. The average Bonchev–Trinajstić information content (AvgIpc) is 2.83. The average molecular weight is 478 g/mol. The maximum atomic E-state index is 11.0. The molecule has 3 atom stereocenters. The Labute approximate surface area is 213 Å². The monoisotopic (exact) mass is 477 g/mol. The molecule has 0 saturated heterocycles. The predicted octanol–water partition coefficient (Wildman–Crippen LogP) is 6.80. The molecule has 1 aromatic carbocycles. The summed E-state index contributed by atoms with van der Waals surface area (Å²) in [4.78, 5) is 11.0. The zero-order valence-electron chi connectivity index (χ0n) is 24.8. The van der Waals surface area contributed by atoms with Crippen molar-refractivity contribution in [3.8, 4) is 0 Å². The molecule has 0 amide bonds. The highest BCUT2D eigenvalue weighted by molar-refractivity contribution is 5.81. The summed E-state index contributed by atoms with van der Waals surface area (Å²) < 4.78 is 0. The lowest BCUT2D eigenvalue weighted by atomic mass is 9.92. The molecule has 0 heterocycles. The number of aliphatic hydroxyl groups is 1. The van der Waals surface area contributed by atoms with E-state index < -0.39 is 0 Å². The molecule has 3 unspecified atom stereocenters. The first kappa shape index (κ1) is 37.1. The molecule has 0 radical (unpaired) electrons. The van der Waals surface area contributed by atoms with Crippen LogP contribution in [0.4, 0.5) is 0 Å². The fourth-order valence-electron chi connectivity index (χ4n) is 4.00. The van der Waals surface area contributed by atoms with Gasteiger partial charge in [-0.05, 0) is 66.6 Å². The first-order chi connectivity index (χ1) is 16.3. The van der Waals surface area contributed by atoms with Crippen molar-refractivity contribution in [1.29, 1.82) is 0 Å². The number of carbonyl (C=O) groups is 1. The van der Waals surface area contributed by atoms with E-state index in [1.807, 2.05) is 34.7 Å². The third-order valence-electron chi connectivity index (χ3n) is 5.38. The number of ketones is 1. The van der Waals surface area contributed by atoms with Crippen LogP contribution in [0.15, 0.2) is 12.1 Å². The van der Waals surface area contributed by atoms with Crippen LogP contribution >= 0.6 is 0 Å². The summed E-state index contributed by atoms with van der Waals surface area (Å²) in [5, 5.41) is 15.1. The van der Waals surface area contributed by atoms with Crippen molar-refractivity contribution in [2.24, 2.45) is 11.8 Å². The van der Waals surface area contributed by atoms with Gasteiger partial charge in [-0.1, -0.05) is 113 Å². The van der Waals surface area contributed by atoms with E-state index in [0.717, 1.165) is 37.7 Å². The molecule has 200 valence electrons. The number of hydrogen-bond donors (Lipinski definition) is 2. The molecule has 0 fully saturated rings. The van der Waals surface area contributed by atoms with Crippen LogP contribution in [0.2, 0.25) is 0 Å². The van der Waals surface area contributed by atoms with Crippen molar-refractivity contribution >= 4 is 17.9 Å². The number of carbonyl (C=O) groups excluding carboxylic acids is 1. The summed E-state index contributed by atoms with van der Waals surface area (Å²) in [7, 11) is 1.85. The van der Waals surface area contributed by atoms with Crippen LogP contribution in [0.1, 0.15) is 119 Å². The lowest BCUT2D eigenvalue weighted by Gasteiger charge is -2.19. The number of nitrogens with one attached hydrogen (secondary N) is 1. The lowest BCUT2D eigenvalue weighted by molar-refractivity contribution is -0.120. The Hall–Kier alpha value is -1.45. The van der Waals surface area contributed by atoms with Crippen LogP contribution in [0.3, 0.4) is 0 Å². The number of aliphatic hydroxyl groups excluding tert-OH is 1. The minimum Gasteiger partial charge on any atom is -0.392 e. The van der Waals surface area contributed by atoms with Gasteiger partial charge in [0.25, 0.3) is 0 Å². The van der Waals surface area contributed by atoms with E-state index in [-0.39, 0.29) is 18.4 Å². The number of hydrogen-bond acceptors (Lipinski definition) is 3. The molecule has 3 nitrogen and oxygen atoms in total. The highest BCUT2D eigenvalue weighted by Crippen LogP contribution is 2.11. The van der Waals surface area contributed by atoms with Crippen LogP contribution in [0, 0.1) is 11.8 Å². The predicted molar refractivity (Wildman–Crippen MR) is 155 cm³/mol. The largest absolute Gasteiger partial charge is 0.392 e. The second kappa shape index (κ2) is 24.7. The van der Waals surface area contributed by atoms with Gasteiger partial charge in [-0.3, -0.25) is 4.79 Å². The Morgan fingerprint density at radius 1 is 1.09 bits per heavy atom. The van der Waals surface area contributed by atoms with E-state index in [1.54, 1.807) is 6.92 Å². The Kier molecular flexibility index (Phi) is 26.9. The van der Waals surface area contributed by atoms with Crippen LogP contribution in [0.5, 0.6) is 0 Å². The molecule has 1 aliphatic carbocycles. The molecule has 0 aliphatic heterocycles. The molecule has 2 rings (SSSR count). The van der Waals surface area contributed by atoms with Gasteiger partial charge in [0, 0.05) is 0 Å². The van der Waals surface area contributed by atoms with E-state index in [2.05, 4.69) is 71.1 Å². The van der Waals surface area contributed by atoms with Crippen molar-refractivity contribution in [3.05, 3.63) is 33.7 Å². The molecule has 0 spiro atoms. The Morgan fingerprint density at radius 3 is 2.06 bits per heavy atom. The second-order valence-electron chi connectivity index (χ2n) is 8.55. The standard InChI is InChI=1S/C15H20O.C9H19NO.C3H8.2C2H6/c1-3-4-14-13(10-16)7-6-12-9-11(2)5-8-15(12)14;1-5-6-7(2)9(10-4)8(3)11;1-3-2;2*1-2/h6-9,11,16H,3-5,10H2,1-2H3;7,9-10H,5-6H2,1-4H3;3H2,1-2H3;2*1-2H3. The summed E-state index contributed by atoms with van der Waals surface area (Å²) in [6.45, 7) is 22.8. The second-order valence-corrected chi connectivity index (χ2v) is 8.55. The Bertz CT molecular complexity index is 724. The fourth-order valence-corrected chi connectivity index (χ4v) is 4.00. The minimum absolute atomic E-state index is 0.0509. The van der Waals surface area contributed by atoms with Gasteiger partial charge in [-0.15, -0.1) is 0 Å². The van der Waals surface area contributed by atoms with Crippen LogP contribution < -0.4 is 15.8 Å². The van der Waals surface area contributed by atoms with Gasteiger partial charge in [0.1, 0.15) is 5.78 Å². The van der Waals surface area contributed by atoms with Gasteiger partial charge >= 0.3 is 0 Å². The van der Waals surface area contributed by atoms with Crippen molar-refractivity contribution < 1.29 is 9.90 Å². The highest BCUT2D eigenvalue weighted by atomic mass is 16.3. The molecule has 3 heteroatoms. The maximum absolute atomic E-state index is 11.0. The molecule has 1 aromatic rings.